The van der Waals surface area contributed by atoms with Crippen molar-refractivity contribution in [1.29, 1.82) is 0 Å². The van der Waals surface area contributed by atoms with E-state index in [1.165, 1.54) is 5.56 Å². The van der Waals surface area contributed by atoms with Crippen molar-refractivity contribution < 1.29 is 4.79 Å². The fraction of sp³-hybridized carbons (Fsp3) is 0.400. The third-order valence-electron chi connectivity index (χ3n) is 3.16. The highest BCUT2D eigenvalue weighted by Crippen LogP contribution is 2.02. The maximum Gasteiger partial charge on any atom is 0.224 e. The average molecular weight is 272 g/mol. The molecule has 0 aliphatic rings. The summed E-state index contributed by atoms with van der Waals surface area (Å²) in [7, 11) is 0. The summed E-state index contributed by atoms with van der Waals surface area (Å²) in [6.07, 6.45) is 9.06. The number of hydrogen-bond donors (Lipinski definition) is 1. The molecule has 2 aromatic heterocycles. The molecule has 0 unspecified atom stereocenters. The fourth-order valence-electron chi connectivity index (χ4n) is 2.00. The molecule has 1 atom stereocenters. The molecule has 0 spiro atoms. The van der Waals surface area contributed by atoms with Gasteiger partial charge < -0.3 is 5.32 Å². The number of rotatable bonds is 7. The number of pyridine rings is 1. The van der Waals surface area contributed by atoms with Gasteiger partial charge in [0.05, 0.1) is 12.5 Å². The van der Waals surface area contributed by atoms with Crippen LogP contribution in [0.2, 0.25) is 0 Å². The summed E-state index contributed by atoms with van der Waals surface area (Å²) in [4.78, 5) is 15.9. The van der Waals surface area contributed by atoms with Gasteiger partial charge in [0.2, 0.25) is 5.91 Å². The molecule has 0 bridgehead atoms. The molecule has 2 heterocycles. The third kappa shape index (κ3) is 4.50. The lowest BCUT2D eigenvalue weighted by Gasteiger charge is -2.12. The predicted octanol–water partition coefficient (Wildman–Crippen LogP) is 1.66. The first-order chi connectivity index (χ1) is 9.75. The minimum absolute atomic E-state index is 0.0733. The van der Waals surface area contributed by atoms with Crippen LogP contribution in [0.15, 0.2) is 43.0 Å². The van der Waals surface area contributed by atoms with Gasteiger partial charge in [-0.25, -0.2) is 0 Å². The summed E-state index contributed by atoms with van der Waals surface area (Å²) < 4.78 is 1.78. The number of carbonyl (C=O) groups is 1. The van der Waals surface area contributed by atoms with Crippen molar-refractivity contribution in [2.75, 3.05) is 6.54 Å². The van der Waals surface area contributed by atoms with Crippen LogP contribution in [0.5, 0.6) is 0 Å². The lowest BCUT2D eigenvalue weighted by atomic mass is 10.1. The smallest absolute Gasteiger partial charge is 0.224 e. The molecule has 2 rings (SSSR count). The molecule has 0 fully saturated rings. The number of nitrogens with zero attached hydrogens (tertiary/aromatic N) is 3. The molecule has 0 saturated heterocycles. The summed E-state index contributed by atoms with van der Waals surface area (Å²) >= 11 is 0. The van der Waals surface area contributed by atoms with Crippen molar-refractivity contribution in [2.24, 2.45) is 5.92 Å². The zero-order valence-electron chi connectivity index (χ0n) is 11.7. The number of hydrogen-bond acceptors (Lipinski definition) is 3. The molecule has 0 aliphatic heterocycles. The lowest BCUT2D eigenvalue weighted by Crippen LogP contribution is -2.32. The van der Waals surface area contributed by atoms with E-state index in [1.54, 1.807) is 23.3 Å². The Kier molecular flexibility index (Phi) is 5.29. The second kappa shape index (κ2) is 7.43. The standard InChI is InChI=1S/C15H20N4O/c1-13(12-19-11-3-8-18-19)15(20)17-7-2-4-14-5-9-16-10-6-14/h3,5-6,8-11,13H,2,4,7,12H2,1H3,(H,17,20)/t13-/m1/s1. The van der Waals surface area contributed by atoms with Crippen LogP contribution in [0.4, 0.5) is 0 Å². The molecule has 0 saturated carbocycles. The molecule has 1 amide bonds. The van der Waals surface area contributed by atoms with Crippen molar-refractivity contribution in [2.45, 2.75) is 26.3 Å². The maximum atomic E-state index is 11.9. The molecular weight excluding hydrogens is 252 g/mol. The Bertz CT molecular complexity index is 510. The van der Waals surface area contributed by atoms with Crippen LogP contribution in [-0.4, -0.2) is 27.2 Å². The lowest BCUT2D eigenvalue weighted by molar-refractivity contribution is -0.124. The van der Waals surface area contributed by atoms with Crippen molar-refractivity contribution >= 4 is 5.91 Å². The summed E-state index contributed by atoms with van der Waals surface area (Å²) in [5.74, 6) is 0.00561. The van der Waals surface area contributed by atoms with Crippen LogP contribution in [0.1, 0.15) is 18.9 Å². The number of carbonyl (C=O) groups excluding carboxylic acids is 1. The molecule has 5 nitrogen and oxygen atoms in total. The first kappa shape index (κ1) is 14.2. The minimum Gasteiger partial charge on any atom is -0.356 e. The van der Waals surface area contributed by atoms with E-state index in [9.17, 15) is 4.79 Å². The van der Waals surface area contributed by atoms with Crippen LogP contribution in [0.25, 0.3) is 0 Å². The minimum atomic E-state index is -0.0733. The Hall–Kier alpha value is -2.17. The van der Waals surface area contributed by atoms with Gasteiger partial charge in [0.1, 0.15) is 0 Å². The molecular formula is C15H20N4O. The van der Waals surface area contributed by atoms with E-state index in [0.29, 0.717) is 13.1 Å². The number of amides is 1. The Morgan fingerprint density at radius 1 is 1.35 bits per heavy atom. The summed E-state index contributed by atoms with van der Waals surface area (Å²) in [6.45, 7) is 3.23. The molecule has 20 heavy (non-hydrogen) atoms. The third-order valence-corrected chi connectivity index (χ3v) is 3.16. The molecule has 0 aliphatic carbocycles. The zero-order valence-corrected chi connectivity index (χ0v) is 11.7. The highest BCUT2D eigenvalue weighted by molar-refractivity contribution is 5.78. The highest BCUT2D eigenvalue weighted by Gasteiger charge is 2.12. The van der Waals surface area contributed by atoms with Gasteiger partial charge >= 0.3 is 0 Å². The summed E-state index contributed by atoms with van der Waals surface area (Å²) in [5, 5.41) is 7.07. The average Bonchev–Trinajstić information content (AvgIpc) is 2.97. The first-order valence-corrected chi connectivity index (χ1v) is 6.90. The Labute approximate surface area is 119 Å². The van der Waals surface area contributed by atoms with Gasteiger partial charge in [-0.05, 0) is 36.6 Å². The van der Waals surface area contributed by atoms with Crippen LogP contribution >= 0.6 is 0 Å². The summed E-state index contributed by atoms with van der Waals surface area (Å²) in [5.41, 5.74) is 1.25. The van der Waals surface area contributed by atoms with Crippen molar-refractivity contribution in [3.8, 4) is 0 Å². The highest BCUT2D eigenvalue weighted by atomic mass is 16.1. The number of nitrogens with one attached hydrogen (secondary N) is 1. The van der Waals surface area contributed by atoms with Gasteiger partial charge in [-0.2, -0.15) is 5.10 Å². The van der Waals surface area contributed by atoms with E-state index < -0.39 is 0 Å². The van der Waals surface area contributed by atoms with E-state index in [-0.39, 0.29) is 11.8 Å². The van der Waals surface area contributed by atoms with Crippen molar-refractivity contribution in [1.82, 2.24) is 20.1 Å². The van der Waals surface area contributed by atoms with E-state index >= 15 is 0 Å². The fourth-order valence-corrected chi connectivity index (χ4v) is 2.00. The molecule has 0 radical (unpaired) electrons. The maximum absolute atomic E-state index is 11.9. The van der Waals surface area contributed by atoms with Gasteiger partial charge in [-0.3, -0.25) is 14.5 Å². The van der Waals surface area contributed by atoms with Crippen LogP contribution in [0, 0.1) is 5.92 Å². The Balaban J connectivity index is 1.65. The van der Waals surface area contributed by atoms with Gasteiger partial charge in [0.25, 0.3) is 0 Å². The molecule has 1 N–H and O–H groups in total. The van der Waals surface area contributed by atoms with E-state index in [2.05, 4.69) is 15.4 Å². The largest absolute Gasteiger partial charge is 0.356 e. The predicted molar refractivity (Wildman–Crippen MR) is 77.0 cm³/mol. The molecule has 2 aromatic rings. The molecule has 5 heteroatoms. The first-order valence-electron chi connectivity index (χ1n) is 6.90. The van der Waals surface area contributed by atoms with E-state index in [4.69, 9.17) is 0 Å². The molecule has 106 valence electrons. The zero-order chi connectivity index (χ0) is 14.2. The van der Waals surface area contributed by atoms with E-state index in [1.807, 2.05) is 31.3 Å². The second-order valence-electron chi connectivity index (χ2n) is 4.88. The normalized spacial score (nSPS) is 12.1. The topological polar surface area (TPSA) is 59.8 Å². The Morgan fingerprint density at radius 3 is 2.85 bits per heavy atom. The monoisotopic (exact) mass is 272 g/mol. The van der Waals surface area contributed by atoms with Crippen molar-refractivity contribution in [3.63, 3.8) is 0 Å². The van der Waals surface area contributed by atoms with E-state index in [0.717, 1.165) is 12.8 Å². The van der Waals surface area contributed by atoms with Crippen LogP contribution in [-0.2, 0) is 17.8 Å². The quantitative estimate of drug-likeness (QED) is 0.780. The van der Waals surface area contributed by atoms with Crippen LogP contribution < -0.4 is 5.32 Å². The van der Waals surface area contributed by atoms with Gasteiger partial charge in [-0.15, -0.1) is 0 Å². The van der Waals surface area contributed by atoms with Crippen molar-refractivity contribution in [3.05, 3.63) is 48.5 Å². The van der Waals surface area contributed by atoms with Gasteiger partial charge in [-0.1, -0.05) is 6.92 Å². The van der Waals surface area contributed by atoms with Gasteiger partial charge in [0.15, 0.2) is 0 Å². The Morgan fingerprint density at radius 2 is 2.15 bits per heavy atom. The van der Waals surface area contributed by atoms with Crippen LogP contribution in [0.3, 0.4) is 0 Å². The summed E-state index contributed by atoms with van der Waals surface area (Å²) in [6, 6.07) is 5.86. The second-order valence-corrected chi connectivity index (χ2v) is 4.88. The SMILES string of the molecule is C[C@H](Cn1cccn1)C(=O)NCCCc1ccncc1. The van der Waals surface area contributed by atoms with Gasteiger partial charge in [0, 0.05) is 31.3 Å². The number of aryl methyl sites for hydroxylation is 1. The molecule has 0 aromatic carbocycles. The number of aromatic nitrogens is 3.